The van der Waals surface area contributed by atoms with Gasteiger partial charge in [-0.25, -0.2) is 0 Å². The predicted octanol–water partition coefficient (Wildman–Crippen LogP) is 1.48. The third kappa shape index (κ3) is 2.96. The normalized spacial score (nSPS) is 19.0. The zero-order valence-corrected chi connectivity index (χ0v) is 11.0. The molecule has 0 amide bonds. The first-order valence-electron chi connectivity index (χ1n) is 6.02. The number of anilines is 1. The average Bonchev–Trinajstić information content (AvgIpc) is 2.39. The molecule has 1 aliphatic heterocycles. The van der Waals surface area contributed by atoms with E-state index in [-0.39, 0.29) is 6.04 Å². The number of thiocarbonyl (C=S) groups is 1. The van der Waals surface area contributed by atoms with Crippen LogP contribution in [-0.2, 0) is 0 Å². The Morgan fingerprint density at radius 3 is 2.29 bits per heavy atom. The molecule has 2 N–H and O–H groups in total. The average molecular weight is 249 g/mol. The lowest BCUT2D eigenvalue weighted by atomic mass is 10.2. The molecule has 1 atom stereocenters. The molecule has 1 aliphatic rings. The smallest absolute Gasteiger partial charge is 0.0899 e. The highest BCUT2D eigenvalue weighted by atomic mass is 32.1. The van der Waals surface area contributed by atoms with Crippen LogP contribution in [0.1, 0.15) is 6.92 Å². The Balaban J connectivity index is 1.93. The number of piperazine rings is 1. The van der Waals surface area contributed by atoms with Crippen molar-refractivity contribution >= 4 is 22.9 Å². The number of para-hydroxylation sites is 1. The van der Waals surface area contributed by atoms with Crippen molar-refractivity contribution in [2.75, 3.05) is 31.1 Å². The van der Waals surface area contributed by atoms with Crippen molar-refractivity contribution in [3.05, 3.63) is 30.3 Å². The highest BCUT2D eigenvalue weighted by Gasteiger charge is 2.22. The van der Waals surface area contributed by atoms with Crippen molar-refractivity contribution in [3.8, 4) is 0 Å². The van der Waals surface area contributed by atoms with Crippen LogP contribution in [0.25, 0.3) is 0 Å². The summed E-state index contributed by atoms with van der Waals surface area (Å²) in [7, 11) is 0. The fourth-order valence-electron chi connectivity index (χ4n) is 2.19. The van der Waals surface area contributed by atoms with Gasteiger partial charge in [0.1, 0.15) is 0 Å². The van der Waals surface area contributed by atoms with Crippen LogP contribution in [0.5, 0.6) is 0 Å². The molecule has 0 aliphatic carbocycles. The molecule has 3 nitrogen and oxygen atoms in total. The zero-order chi connectivity index (χ0) is 12.3. The van der Waals surface area contributed by atoms with Crippen molar-refractivity contribution in [2.24, 2.45) is 5.73 Å². The van der Waals surface area contributed by atoms with Gasteiger partial charge in [-0.05, 0) is 19.1 Å². The molecule has 0 bridgehead atoms. The van der Waals surface area contributed by atoms with Crippen molar-refractivity contribution in [1.29, 1.82) is 0 Å². The van der Waals surface area contributed by atoms with Gasteiger partial charge >= 0.3 is 0 Å². The molecule has 4 heteroatoms. The monoisotopic (exact) mass is 249 g/mol. The maximum Gasteiger partial charge on any atom is 0.0899 e. The number of nitrogens with two attached hydrogens (primary N) is 1. The van der Waals surface area contributed by atoms with Crippen LogP contribution in [0, 0.1) is 0 Å². The van der Waals surface area contributed by atoms with Gasteiger partial charge in [0.15, 0.2) is 0 Å². The van der Waals surface area contributed by atoms with E-state index in [1.54, 1.807) is 0 Å². The molecular formula is C13H19N3S. The summed E-state index contributed by atoms with van der Waals surface area (Å²) in [5.41, 5.74) is 6.99. The summed E-state index contributed by atoms with van der Waals surface area (Å²) < 4.78 is 0. The second-order valence-electron chi connectivity index (χ2n) is 4.44. The molecule has 0 spiro atoms. The molecule has 0 aromatic heterocycles. The predicted molar refractivity (Wildman–Crippen MR) is 76.5 cm³/mol. The van der Waals surface area contributed by atoms with E-state index in [1.807, 2.05) is 0 Å². The number of rotatable bonds is 3. The maximum atomic E-state index is 5.69. The SMILES string of the molecule is CC(C(N)=S)N1CCN(c2ccccc2)CC1. The van der Waals surface area contributed by atoms with Gasteiger partial charge in [-0.1, -0.05) is 30.4 Å². The molecule has 1 saturated heterocycles. The van der Waals surface area contributed by atoms with Gasteiger partial charge in [0.25, 0.3) is 0 Å². The highest BCUT2D eigenvalue weighted by molar-refractivity contribution is 7.80. The van der Waals surface area contributed by atoms with Gasteiger partial charge in [-0.15, -0.1) is 0 Å². The molecule has 2 rings (SSSR count). The van der Waals surface area contributed by atoms with E-state index in [0.717, 1.165) is 26.2 Å². The van der Waals surface area contributed by atoms with Gasteiger partial charge < -0.3 is 10.6 Å². The van der Waals surface area contributed by atoms with Crippen LogP contribution >= 0.6 is 12.2 Å². The first-order valence-corrected chi connectivity index (χ1v) is 6.42. The van der Waals surface area contributed by atoms with E-state index in [9.17, 15) is 0 Å². The Morgan fingerprint density at radius 2 is 1.76 bits per heavy atom. The molecule has 1 fully saturated rings. The lowest BCUT2D eigenvalue weighted by Crippen LogP contribution is -2.52. The summed E-state index contributed by atoms with van der Waals surface area (Å²) >= 11 is 5.04. The Kier molecular flexibility index (Phi) is 3.97. The van der Waals surface area contributed by atoms with E-state index >= 15 is 0 Å². The van der Waals surface area contributed by atoms with E-state index < -0.39 is 0 Å². The van der Waals surface area contributed by atoms with Crippen LogP contribution in [-0.4, -0.2) is 42.1 Å². The molecule has 1 aromatic rings. The van der Waals surface area contributed by atoms with Gasteiger partial charge in [-0.3, -0.25) is 4.90 Å². The Bertz CT molecular complexity index is 372. The minimum Gasteiger partial charge on any atom is -0.392 e. The van der Waals surface area contributed by atoms with Crippen molar-refractivity contribution in [1.82, 2.24) is 4.90 Å². The van der Waals surface area contributed by atoms with Crippen LogP contribution in [0.3, 0.4) is 0 Å². The maximum absolute atomic E-state index is 5.69. The third-order valence-electron chi connectivity index (χ3n) is 3.40. The fourth-order valence-corrected chi connectivity index (χ4v) is 2.34. The minimum atomic E-state index is 0.211. The van der Waals surface area contributed by atoms with Gasteiger partial charge in [-0.2, -0.15) is 0 Å². The standard InChI is InChI=1S/C13H19N3S/c1-11(13(14)17)15-7-9-16(10-8-15)12-5-3-2-4-6-12/h2-6,11H,7-10H2,1H3,(H2,14,17). The van der Waals surface area contributed by atoms with Gasteiger partial charge in [0.05, 0.1) is 11.0 Å². The zero-order valence-electron chi connectivity index (χ0n) is 10.2. The topological polar surface area (TPSA) is 32.5 Å². The van der Waals surface area contributed by atoms with Crippen molar-refractivity contribution in [3.63, 3.8) is 0 Å². The van der Waals surface area contributed by atoms with Gasteiger partial charge in [0.2, 0.25) is 0 Å². The molecule has 1 heterocycles. The summed E-state index contributed by atoms with van der Waals surface area (Å²) in [5.74, 6) is 0. The lowest BCUT2D eigenvalue weighted by Gasteiger charge is -2.38. The van der Waals surface area contributed by atoms with E-state index in [4.69, 9.17) is 18.0 Å². The molecule has 0 radical (unpaired) electrons. The number of hydrogen-bond acceptors (Lipinski definition) is 3. The summed E-state index contributed by atoms with van der Waals surface area (Å²) in [6, 6.07) is 10.7. The Hall–Kier alpha value is -1.13. The van der Waals surface area contributed by atoms with E-state index in [1.165, 1.54) is 5.69 Å². The van der Waals surface area contributed by atoms with Crippen molar-refractivity contribution in [2.45, 2.75) is 13.0 Å². The molecule has 17 heavy (non-hydrogen) atoms. The lowest BCUT2D eigenvalue weighted by molar-refractivity contribution is 0.239. The van der Waals surface area contributed by atoms with Crippen molar-refractivity contribution < 1.29 is 0 Å². The van der Waals surface area contributed by atoms with Crippen LogP contribution in [0.4, 0.5) is 5.69 Å². The fraction of sp³-hybridized carbons (Fsp3) is 0.462. The van der Waals surface area contributed by atoms with Gasteiger partial charge in [0, 0.05) is 31.9 Å². The molecule has 1 unspecified atom stereocenters. The quantitative estimate of drug-likeness (QED) is 0.823. The highest BCUT2D eigenvalue weighted by Crippen LogP contribution is 2.16. The summed E-state index contributed by atoms with van der Waals surface area (Å²) in [6.45, 7) is 6.20. The Labute approximate surface area is 108 Å². The van der Waals surface area contributed by atoms with Crippen LogP contribution < -0.4 is 10.6 Å². The molecular weight excluding hydrogens is 230 g/mol. The Morgan fingerprint density at radius 1 is 1.18 bits per heavy atom. The summed E-state index contributed by atoms with van der Waals surface area (Å²) in [6.07, 6.45) is 0. The molecule has 1 aromatic carbocycles. The van der Waals surface area contributed by atoms with Crippen LogP contribution in [0.2, 0.25) is 0 Å². The molecule has 92 valence electrons. The van der Waals surface area contributed by atoms with Crippen LogP contribution in [0.15, 0.2) is 30.3 Å². The second kappa shape index (κ2) is 5.47. The van der Waals surface area contributed by atoms with E-state index in [0.29, 0.717) is 4.99 Å². The number of nitrogens with zero attached hydrogens (tertiary/aromatic N) is 2. The number of benzene rings is 1. The second-order valence-corrected chi connectivity index (χ2v) is 4.91. The molecule has 0 saturated carbocycles. The number of hydrogen-bond donors (Lipinski definition) is 1. The summed E-state index contributed by atoms with van der Waals surface area (Å²) in [5, 5.41) is 0. The third-order valence-corrected chi connectivity index (χ3v) is 3.74. The van der Waals surface area contributed by atoms with E-state index in [2.05, 4.69) is 47.1 Å². The first kappa shape index (κ1) is 12.3. The summed E-state index contributed by atoms with van der Waals surface area (Å²) in [4.78, 5) is 5.35. The minimum absolute atomic E-state index is 0.211. The first-order chi connectivity index (χ1) is 8.18. The largest absolute Gasteiger partial charge is 0.392 e.